The lowest BCUT2D eigenvalue weighted by Crippen LogP contribution is -2.30. The van der Waals surface area contributed by atoms with Crippen molar-refractivity contribution in [1.82, 2.24) is 14.9 Å². The van der Waals surface area contributed by atoms with Gasteiger partial charge in [0.25, 0.3) is 5.56 Å². The zero-order valence-electron chi connectivity index (χ0n) is 16.8. The monoisotopic (exact) mass is 401 g/mol. The summed E-state index contributed by atoms with van der Waals surface area (Å²) >= 11 is 0. The number of aromatic nitrogens is 2. The molecule has 0 aliphatic carbocycles. The summed E-state index contributed by atoms with van der Waals surface area (Å²) in [6, 6.07) is 19.5. The van der Waals surface area contributed by atoms with E-state index in [4.69, 9.17) is 4.74 Å². The lowest BCUT2D eigenvalue weighted by atomic mass is 10.1. The van der Waals surface area contributed by atoms with Gasteiger partial charge in [0.2, 0.25) is 5.91 Å². The van der Waals surface area contributed by atoms with Crippen LogP contribution in [0.25, 0.3) is 21.7 Å². The summed E-state index contributed by atoms with van der Waals surface area (Å²) in [5.74, 6) is 0.666. The predicted octanol–water partition coefficient (Wildman–Crippen LogP) is 3.44. The fourth-order valence-electron chi connectivity index (χ4n) is 3.48. The van der Waals surface area contributed by atoms with Crippen molar-refractivity contribution in [3.8, 4) is 5.75 Å². The predicted molar refractivity (Wildman–Crippen MR) is 118 cm³/mol. The molecule has 1 N–H and O–H groups in total. The Bertz CT molecular complexity index is 1260. The number of carbonyl (C=O) groups excluding carboxylic acids is 1. The highest BCUT2D eigenvalue weighted by molar-refractivity contribution is 5.88. The summed E-state index contributed by atoms with van der Waals surface area (Å²) in [5, 5.41) is 5.57. The van der Waals surface area contributed by atoms with Crippen LogP contribution in [-0.4, -0.2) is 28.6 Å². The Balaban J connectivity index is 1.29. The number of rotatable bonds is 7. The van der Waals surface area contributed by atoms with Crippen LogP contribution < -0.4 is 15.6 Å². The van der Waals surface area contributed by atoms with Crippen molar-refractivity contribution in [2.24, 2.45) is 0 Å². The van der Waals surface area contributed by atoms with Crippen molar-refractivity contribution >= 4 is 27.6 Å². The van der Waals surface area contributed by atoms with Gasteiger partial charge < -0.3 is 10.1 Å². The van der Waals surface area contributed by atoms with E-state index >= 15 is 0 Å². The summed E-state index contributed by atoms with van der Waals surface area (Å²) < 4.78 is 7.31. The molecule has 4 rings (SSSR count). The van der Waals surface area contributed by atoms with Crippen molar-refractivity contribution in [2.75, 3.05) is 13.2 Å². The molecule has 0 saturated heterocycles. The third kappa shape index (κ3) is 4.17. The van der Waals surface area contributed by atoms with Crippen LogP contribution >= 0.6 is 0 Å². The van der Waals surface area contributed by atoms with Crippen LogP contribution in [0.1, 0.15) is 12.0 Å². The molecule has 0 saturated carbocycles. The number of amides is 1. The number of ether oxygens (including phenoxy) is 1. The Morgan fingerprint density at radius 2 is 1.80 bits per heavy atom. The van der Waals surface area contributed by atoms with E-state index < -0.39 is 0 Å². The number of carbonyl (C=O) groups is 1. The van der Waals surface area contributed by atoms with E-state index in [0.29, 0.717) is 24.1 Å². The lowest BCUT2D eigenvalue weighted by Gasteiger charge is -2.11. The summed E-state index contributed by atoms with van der Waals surface area (Å²) in [6.07, 6.45) is 1.71. The number of nitrogens with zero attached hydrogens (tertiary/aromatic N) is 2. The van der Waals surface area contributed by atoms with Gasteiger partial charge >= 0.3 is 0 Å². The first-order valence-electron chi connectivity index (χ1n) is 9.95. The largest absolute Gasteiger partial charge is 0.491 e. The minimum atomic E-state index is -0.132. The Kier molecular flexibility index (Phi) is 5.75. The Morgan fingerprint density at radius 3 is 2.70 bits per heavy atom. The molecular weight excluding hydrogens is 378 g/mol. The van der Waals surface area contributed by atoms with Gasteiger partial charge in [0.15, 0.2) is 0 Å². The van der Waals surface area contributed by atoms with Gasteiger partial charge in [-0.3, -0.25) is 14.2 Å². The number of hydrogen-bond donors (Lipinski definition) is 1. The van der Waals surface area contributed by atoms with Gasteiger partial charge in [-0.15, -0.1) is 0 Å². The summed E-state index contributed by atoms with van der Waals surface area (Å²) in [6.45, 7) is 2.97. The van der Waals surface area contributed by atoms with E-state index in [0.717, 1.165) is 22.1 Å². The van der Waals surface area contributed by atoms with Gasteiger partial charge in [-0.05, 0) is 30.0 Å². The van der Waals surface area contributed by atoms with Crippen LogP contribution in [0.3, 0.4) is 0 Å². The molecule has 4 aromatic rings. The summed E-state index contributed by atoms with van der Waals surface area (Å²) in [7, 11) is 0. The molecular formula is C24H23N3O3. The van der Waals surface area contributed by atoms with Crippen molar-refractivity contribution in [3.05, 3.63) is 82.9 Å². The van der Waals surface area contributed by atoms with Crippen molar-refractivity contribution in [1.29, 1.82) is 0 Å². The normalized spacial score (nSPS) is 11.0. The molecule has 1 heterocycles. The second kappa shape index (κ2) is 8.78. The Morgan fingerprint density at radius 1 is 1.03 bits per heavy atom. The highest BCUT2D eigenvalue weighted by atomic mass is 16.5. The first-order chi connectivity index (χ1) is 14.6. The van der Waals surface area contributed by atoms with Crippen LogP contribution in [-0.2, 0) is 11.3 Å². The Labute approximate surface area is 174 Å². The highest BCUT2D eigenvalue weighted by Gasteiger charge is 2.08. The SMILES string of the molecule is Cc1cccc2c(=O)n(CCC(=O)NCCOc3cccc4ccccc34)cnc12. The van der Waals surface area contributed by atoms with Crippen molar-refractivity contribution in [3.63, 3.8) is 0 Å². The molecule has 0 aliphatic heterocycles. The molecule has 3 aromatic carbocycles. The molecule has 152 valence electrons. The lowest BCUT2D eigenvalue weighted by molar-refractivity contribution is -0.121. The average Bonchev–Trinajstić information content (AvgIpc) is 2.77. The fraction of sp³-hybridized carbons (Fsp3) is 0.208. The van der Waals surface area contributed by atoms with E-state index in [2.05, 4.69) is 10.3 Å². The van der Waals surface area contributed by atoms with Crippen molar-refractivity contribution < 1.29 is 9.53 Å². The fourth-order valence-corrected chi connectivity index (χ4v) is 3.48. The molecule has 30 heavy (non-hydrogen) atoms. The third-order valence-corrected chi connectivity index (χ3v) is 5.07. The van der Waals surface area contributed by atoms with Crippen LogP contribution in [0.4, 0.5) is 0 Å². The quantitative estimate of drug-likeness (QED) is 0.482. The van der Waals surface area contributed by atoms with Gasteiger partial charge in [-0.1, -0.05) is 48.5 Å². The minimum Gasteiger partial charge on any atom is -0.491 e. The molecule has 0 unspecified atom stereocenters. The number of fused-ring (bicyclic) bond motifs is 2. The number of benzene rings is 3. The van der Waals surface area contributed by atoms with Crippen LogP contribution in [0.15, 0.2) is 71.8 Å². The van der Waals surface area contributed by atoms with Gasteiger partial charge in [0.05, 0.1) is 23.8 Å². The summed E-state index contributed by atoms with van der Waals surface area (Å²) in [4.78, 5) is 29.1. The molecule has 0 fully saturated rings. The maximum Gasteiger partial charge on any atom is 0.261 e. The highest BCUT2D eigenvalue weighted by Crippen LogP contribution is 2.24. The first kappa shape index (κ1) is 19.6. The van der Waals surface area contributed by atoms with E-state index in [1.54, 1.807) is 6.07 Å². The van der Waals surface area contributed by atoms with Crippen LogP contribution in [0, 0.1) is 6.92 Å². The standard InChI is InChI=1S/C24H23N3O3/c1-17-6-4-10-20-23(17)26-16-27(24(20)29)14-12-22(28)25-13-15-30-21-11-5-8-18-7-2-3-9-19(18)21/h2-11,16H,12-15H2,1H3,(H,25,28). The molecule has 1 aromatic heterocycles. The van der Waals surface area contributed by atoms with E-state index in [1.807, 2.05) is 61.5 Å². The second-order valence-corrected chi connectivity index (χ2v) is 7.14. The molecule has 6 nitrogen and oxygen atoms in total. The first-order valence-corrected chi connectivity index (χ1v) is 9.95. The second-order valence-electron chi connectivity index (χ2n) is 7.14. The van der Waals surface area contributed by atoms with Crippen LogP contribution in [0.2, 0.25) is 0 Å². The number of nitrogens with one attached hydrogen (secondary N) is 1. The van der Waals surface area contributed by atoms with Crippen LogP contribution in [0.5, 0.6) is 5.75 Å². The van der Waals surface area contributed by atoms with Gasteiger partial charge in [0.1, 0.15) is 12.4 Å². The van der Waals surface area contributed by atoms with E-state index in [9.17, 15) is 9.59 Å². The maximum atomic E-state index is 12.6. The zero-order valence-corrected chi connectivity index (χ0v) is 16.8. The molecule has 0 bridgehead atoms. The topological polar surface area (TPSA) is 73.2 Å². The molecule has 6 heteroatoms. The zero-order chi connectivity index (χ0) is 20.9. The van der Waals surface area contributed by atoms with Gasteiger partial charge in [-0.25, -0.2) is 4.98 Å². The van der Waals surface area contributed by atoms with E-state index in [-0.39, 0.29) is 24.4 Å². The summed E-state index contributed by atoms with van der Waals surface area (Å²) in [5.41, 5.74) is 1.53. The molecule has 0 aliphatic rings. The number of para-hydroxylation sites is 1. The third-order valence-electron chi connectivity index (χ3n) is 5.07. The molecule has 1 amide bonds. The van der Waals surface area contributed by atoms with Gasteiger partial charge in [-0.2, -0.15) is 0 Å². The smallest absolute Gasteiger partial charge is 0.261 e. The molecule has 0 atom stereocenters. The maximum absolute atomic E-state index is 12.6. The van der Waals surface area contributed by atoms with Crippen molar-refractivity contribution in [2.45, 2.75) is 19.9 Å². The van der Waals surface area contributed by atoms with E-state index in [1.165, 1.54) is 10.9 Å². The van der Waals surface area contributed by atoms with Gasteiger partial charge in [0, 0.05) is 18.4 Å². The average molecular weight is 401 g/mol. The molecule has 0 spiro atoms. The molecule has 0 radical (unpaired) electrons. The number of aryl methyl sites for hydroxylation is 2. The minimum absolute atomic E-state index is 0.129. The Hall–Kier alpha value is -3.67. The number of hydrogen-bond acceptors (Lipinski definition) is 4.